The fraction of sp³-hybridized carbons (Fsp3) is 0.300. The fourth-order valence-corrected chi connectivity index (χ4v) is 1.16. The lowest BCUT2D eigenvalue weighted by atomic mass is 10.2. The number of nitrogens with one attached hydrogen (secondary N) is 1. The minimum absolute atomic E-state index is 0.150. The van der Waals surface area contributed by atoms with Gasteiger partial charge in [0.2, 0.25) is 0 Å². The number of nitrogens with two attached hydrogens (primary N) is 1. The molecule has 0 heterocycles. The Morgan fingerprint density at radius 2 is 2.33 bits per heavy atom. The minimum atomic E-state index is -0.285. The van der Waals surface area contributed by atoms with Gasteiger partial charge < -0.3 is 16.3 Å². The van der Waals surface area contributed by atoms with Gasteiger partial charge in [0.25, 0.3) is 0 Å². The maximum Gasteiger partial charge on any atom is 0.140 e. The molecule has 4 N–H and O–H groups in total. The smallest absolute Gasteiger partial charge is 0.140 e. The Labute approximate surface area is 87.6 Å². The zero-order chi connectivity index (χ0) is 11.3. The first-order chi connectivity index (χ1) is 7.13. The van der Waals surface area contributed by atoms with Crippen LogP contribution in [0.5, 0.6) is 0 Å². The summed E-state index contributed by atoms with van der Waals surface area (Å²) < 4.78 is 12.9. The third kappa shape index (κ3) is 3.46. The van der Waals surface area contributed by atoms with Gasteiger partial charge in [0, 0.05) is 18.7 Å². The lowest BCUT2D eigenvalue weighted by Crippen LogP contribution is -2.16. The van der Waals surface area contributed by atoms with Gasteiger partial charge in [-0.2, -0.15) is 0 Å². The number of amidine groups is 1. The average Bonchev–Trinajstić information content (AvgIpc) is 2.23. The number of rotatable bonds is 4. The van der Waals surface area contributed by atoms with Crippen LogP contribution in [0.25, 0.3) is 0 Å². The molecule has 0 aliphatic heterocycles. The van der Waals surface area contributed by atoms with E-state index in [1.54, 1.807) is 6.07 Å². The van der Waals surface area contributed by atoms with Crippen molar-refractivity contribution in [2.75, 3.05) is 11.9 Å². The highest BCUT2D eigenvalue weighted by atomic mass is 19.1. The van der Waals surface area contributed by atoms with Crippen LogP contribution in [0.4, 0.5) is 10.1 Å². The number of hydrogen-bond donors (Lipinski definition) is 3. The van der Waals surface area contributed by atoms with Crippen LogP contribution in [0.3, 0.4) is 0 Å². The summed E-state index contributed by atoms with van der Waals surface area (Å²) >= 11 is 0. The van der Waals surface area contributed by atoms with Crippen molar-refractivity contribution in [3.63, 3.8) is 0 Å². The molecule has 0 amide bonds. The molecule has 0 bridgehead atoms. The molecule has 0 saturated heterocycles. The van der Waals surface area contributed by atoms with Crippen LogP contribution in [-0.4, -0.2) is 17.6 Å². The SMILES string of the molecule is Cc1ccc(F)cc1NCCC(N)=NO. The molecular formula is C10H14FN3O. The van der Waals surface area contributed by atoms with Crippen molar-refractivity contribution in [3.05, 3.63) is 29.6 Å². The van der Waals surface area contributed by atoms with Gasteiger partial charge in [-0.3, -0.25) is 0 Å². The zero-order valence-corrected chi connectivity index (χ0v) is 8.50. The second kappa shape index (κ2) is 5.19. The van der Waals surface area contributed by atoms with Crippen molar-refractivity contribution in [2.24, 2.45) is 10.9 Å². The van der Waals surface area contributed by atoms with E-state index in [0.29, 0.717) is 13.0 Å². The summed E-state index contributed by atoms with van der Waals surface area (Å²) in [7, 11) is 0. The molecule has 0 spiro atoms. The number of hydrogen-bond acceptors (Lipinski definition) is 3. The van der Waals surface area contributed by atoms with Gasteiger partial charge in [0.05, 0.1) is 0 Å². The highest BCUT2D eigenvalue weighted by Crippen LogP contribution is 2.15. The van der Waals surface area contributed by atoms with Crippen molar-refractivity contribution < 1.29 is 9.60 Å². The highest BCUT2D eigenvalue weighted by Gasteiger charge is 2.00. The molecule has 15 heavy (non-hydrogen) atoms. The first-order valence-corrected chi connectivity index (χ1v) is 4.60. The van der Waals surface area contributed by atoms with Crippen molar-refractivity contribution in [1.82, 2.24) is 0 Å². The minimum Gasteiger partial charge on any atom is -0.409 e. The highest BCUT2D eigenvalue weighted by molar-refractivity contribution is 5.80. The maximum atomic E-state index is 12.9. The van der Waals surface area contributed by atoms with Gasteiger partial charge >= 0.3 is 0 Å². The van der Waals surface area contributed by atoms with E-state index in [1.807, 2.05) is 6.92 Å². The van der Waals surface area contributed by atoms with E-state index in [4.69, 9.17) is 10.9 Å². The van der Waals surface area contributed by atoms with Crippen LogP contribution in [0.1, 0.15) is 12.0 Å². The number of halogens is 1. The monoisotopic (exact) mass is 211 g/mol. The summed E-state index contributed by atoms with van der Waals surface area (Å²) in [5.41, 5.74) is 6.97. The number of oxime groups is 1. The standard InChI is InChI=1S/C10H14FN3O/c1-7-2-3-8(11)6-9(7)13-5-4-10(12)14-15/h2-3,6,13,15H,4-5H2,1H3,(H2,12,14). The number of aryl methyl sites for hydroxylation is 1. The maximum absolute atomic E-state index is 12.9. The van der Waals surface area contributed by atoms with E-state index in [-0.39, 0.29) is 11.7 Å². The van der Waals surface area contributed by atoms with E-state index in [0.717, 1.165) is 11.3 Å². The predicted octanol–water partition coefficient (Wildman–Crippen LogP) is 1.68. The molecule has 1 aromatic carbocycles. The Bertz CT molecular complexity index is 366. The predicted molar refractivity (Wildman–Crippen MR) is 57.7 cm³/mol. The van der Waals surface area contributed by atoms with Crippen molar-refractivity contribution in [2.45, 2.75) is 13.3 Å². The van der Waals surface area contributed by atoms with E-state index in [9.17, 15) is 4.39 Å². The third-order valence-electron chi connectivity index (χ3n) is 2.02. The molecule has 0 aliphatic carbocycles. The van der Waals surface area contributed by atoms with Crippen molar-refractivity contribution in [1.29, 1.82) is 0 Å². The number of benzene rings is 1. The molecule has 5 heteroatoms. The average molecular weight is 211 g/mol. The van der Waals surface area contributed by atoms with Gasteiger partial charge in [-0.15, -0.1) is 0 Å². The lowest BCUT2D eigenvalue weighted by molar-refractivity contribution is 0.317. The Hall–Kier alpha value is -1.78. The molecule has 1 rings (SSSR count). The first-order valence-electron chi connectivity index (χ1n) is 4.60. The Balaban J connectivity index is 2.54. The van der Waals surface area contributed by atoms with E-state index >= 15 is 0 Å². The van der Waals surface area contributed by atoms with Gasteiger partial charge in [-0.1, -0.05) is 11.2 Å². The third-order valence-corrected chi connectivity index (χ3v) is 2.02. The summed E-state index contributed by atoms with van der Waals surface area (Å²) in [5.74, 6) is -0.136. The van der Waals surface area contributed by atoms with E-state index in [2.05, 4.69) is 10.5 Å². The van der Waals surface area contributed by atoms with Crippen LogP contribution in [0.15, 0.2) is 23.4 Å². The molecule has 0 fully saturated rings. The first kappa shape index (κ1) is 11.3. The fourth-order valence-electron chi connectivity index (χ4n) is 1.16. The van der Waals surface area contributed by atoms with Crippen LogP contribution in [-0.2, 0) is 0 Å². The summed E-state index contributed by atoms with van der Waals surface area (Å²) in [4.78, 5) is 0. The normalized spacial score (nSPS) is 11.5. The lowest BCUT2D eigenvalue weighted by Gasteiger charge is -2.08. The Morgan fingerprint density at radius 3 is 3.00 bits per heavy atom. The molecule has 1 aromatic rings. The molecule has 0 saturated carbocycles. The van der Waals surface area contributed by atoms with Crippen molar-refractivity contribution in [3.8, 4) is 0 Å². The molecular weight excluding hydrogens is 197 g/mol. The van der Waals surface area contributed by atoms with Crippen LogP contribution >= 0.6 is 0 Å². The molecule has 0 aromatic heterocycles. The summed E-state index contributed by atoms with van der Waals surface area (Å²) in [6.07, 6.45) is 0.409. The number of nitrogens with zero attached hydrogens (tertiary/aromatic N) is 1. The quantitative estimate of drug-likeness (QED) is 0.307. The van der Waals surface area contributed by atoms with Crippen molar-refractivity contribution >= 4 is 11.5 Å². The summed E-state index contributed by atoms with van der Waals surface area (Å²) in [5, 5.41) is 14.2. The second-order valence-electron chi connectivity index (χ2n) is 3.23. The summed E-state index contributed by atoms with van der Waals surface area (Å²) in [6.45, 7) is 2.38. The molecule has 82 valence electrons. The van der Waals surface area contributed by atoms with Gasteiger partial charge in [-0.25, -0.2) is 4.39 Å². The molecule has 0 radical (unpaired) electrons. The van der Waals surface area contributed by atoms with Gasteiger partial charge in [-0.05, 0) is 24.6 Å². The van der Waals surface area contributed by atoms with Gasteiger partial charge in [0.1, 0.15) is 11.7 Å². The van der Waals surface area contributed by atoms with Crippen LogP contribution in [0, 0.1) is 12.7 Å². The van der Waals surface area contributed by atoms with E-state index < -0.39 is 0 Å². The van der Waals surface area contributed by atoms with E-state index in [1.165, 1.54) is 12.1 Å². The largest absolute Gasteiger partial charge is 0.409 e. The molecule has 4 nitrogen and oxygen atoms in total. The van der Waals surface area contributed by atoms with Crippen LogP contribution in [0.2, 0.25) is 0 Å². The Kier molecular flexibility index (Phi) is 3.91. The van der Waals surface area contributed by atoms with Crippen LogP contribution < -0.4 is 11.1 Å². The summed E-state index contributed by atoms with van der Waals surface area (Å²) in [6, 6.07) is 4.52. The molecule has 0 atom stereocenters. The second-order valence-corrected chi connectivity index (χ2v) is 3.23. The number of anilines is 1. The molecule has 0 unspecified atom stereocenters. The zero-order valence-electron chi connectivity index (χ0n) is 8.50. The topological polar surface area (TPSA) is 70.6 Å². The molecule has 0 aliphatic rings. The van der Waals surface area contributed by atoms with Gasteiger partial charge in [0.15, 0.2) is 0 Å². The Morgan fingerprint density at radius 1 is 1.60 bits per heavy atom.